The summed E-state index contributed by atoms with van der Waals surface area (Å²) < 4.78 is 5.68. The van der Waals surface area contributed by atoms with E-state index in [9.17, 15) is 9.59 Å². The Kier molecular flexibility index (Phi) is 6.30. The number of carbonyl (C=O) groups is 2. The van der Waals surface area contributed by atoms with E-state index in [0.717, 1.165) is 36.1 Å². The highest BCUT2D eigenvalue weighted by atomic mass is 16.5. The zero-order valence-corrected chi connectivity index (χ0v) is 19.2. The predicted octanol–water partition coefficient (Wildman–Crippen LogP) is 2.76. The Labute approximate surface area is 189 Å². The third kappa shape index (κ3) is 4.54. The molecule has 2 aliphatic heterocycles. The molecule has 170 valence electrons. The van der Waals surface area contributed by atoms with Crippen LogP contribution in [0.3, 0.4) is 0 Å². The van der Waals surface area contributed by atoms with Crippen LogP contribution in [0.25, 0.3) is 0 Å². The van der Waals surface area contributed by atoms with Crippen molar-refractivity contribution < 1.29 is 14.3 Å². The first-order valence-electron chi connectivity index (χ1n) is 11.3. The van der Waals surface area contributed by atoms with Crippen LogP contribution in [0.15, 0.2) is 30.3 Å². The van der Waals surface area contributed by atoms with Crippen LogP contribution in [0.1, 0.15) is 44.6 Å². The van der Waals surface area contributed by atoms with Crippen molar-refractivity contribution in [2.75, 3.05) is 42.5 Å². The van der Waals surface area contributed by atoms with Crippen molar-refractivity contribution in [2.24, 2.45) is 0 Å². The second-order valence-corrected chi connectivity index (χ2v) is 8.72. The van der Waals surface area contributed by atoms with Gasteiger partial charge >= 0.3 is 0 Å². The summed E-state index contributed by atoms with van der Waals surface area (Å²) in [4.78, 5) is 40.5. The van der Waals surface area contributed by atoms with Crippen LogP contribution >= 0.6 is 0 Å². The first-order chi connectivity index (χ1) is 15.3. The normalized spacial score (nSPS) is 18.6. The summed E-state index contributed by atoms with van der Waals surface area (Å²) in [6.07, 6.45) is -0.257. The molecule has 0 radical (unpaired) electrons. The van der Waals surface area contributed by atoms with Gasteiger partial charge in [-0.05, 0) is 26.0 Å². The molecular formula is C24H31N5O3. The van der Waals surface area contributed by atoms with Gasteiger partial charge in [0.05, 0.1) is 5.69 Å². The Balaban J connectivity index is 1.35. The Bertz CT molecular complexity index is 1000. The number of ether oxygens (including phenoxy) is 1. The molecule has 1 unspecified atom stereocenters. The molecule has 0 saturated carbocycles. The smallest absolute Gasteiger partial charge is 0.267 e. The maximum atomic E-state index is 12.9. The van der Waals surface area contributed by atoms with Crippen LogP contribution in [0.4, 0.5) is 11.5 Å². The molecule has 0 bridgehead atoms. The largest absolute Gasteiger partial charge is 0.479 e. The van der Waals surface area contributed by atoms with E-state index < -0.39 is 6.10 Å². The summed E-state index contributed by atoms with van der Waals surface area (Å²) >= 11 is 0. The minimum absolute atomic E-state index is 0.0656. The molecule has 1 saturated heterocycles. The lowest BCUT2D eigenvalue weighted by Gasteiger charge is -2.36. The number of rotatable bonds is 5. The first-order valence-corrected chi connectivity index (χ1v) is 11.3. The molecule has 1 fully saturated rings. The van der Waals surface area contributed by atoms with Crippen molar-refractivity contribution in [1.29, 1.82) is 0 Å². The van der Waals surface area contributed by atoms with Crippen LogP contribution in [0.2, 0.25) is 0 Å². The fourth-order valence-corrected chi connectivity index (χ4v) is 4.13. The molecule has 1 atom stereocenters. The summed E-state index contributed by atoms with van der Waals surface area (Å²) in [5.74, 6) is 2.69. The number of para-hydroxylation sites is 2. The molecular weight excluding hydrogens is 406 g/mol. The third-order valence-electron chi connectivity index (χ3n) is 5.95. The van der Waals surface area contributed by atoms with Gasteiger partial charge in [0.1, 0.15) is 17.4 Å². The Morgan fingerprint density at radius 2 is 1.88 bits per heavy atom. The molecule has 4 rings (SSSR count). The van der Waals surface area contributed by atoms with Crippen LogP contribution < -0.4 is 14.5 Å². The standard InChI is InChI=1S/C24H31N5O3/c1-16(2)23-25-17(3)15-21(26-23)27-11-13-28(14-12-27)22(30)9-10-29-19-7-5-6-8-20(19)32-18(4)24(29)31/h5-8,15-16,18H,9-14H2,1-4H3. The van der Waals surface area contributed by atoms with Gasteiger partial charge in [-0.25, -0.2) is 9.97 Å². The van der Waals surface area contributed by atoms with Gasteiger partial charge in [0.15, 0.2) is 6.10 Å². The molecule has 3 heterocycles. The summed E-state index contributed by atoms with van der Waals surface area (Å²) in [7, 11) is 0. The number of carbonyl (C=O) groups excluding carboxylic acids is 2. The lowest BCUT2D eigenvalue weighted by molar-refractivity contribution is -0.131. The van der Waals surface area contributed by atoms with E-state index in [0.29, 0.717) is 25.4 Å². The summed E-state index contributed by atoms with van der Waals surface area (Å²) in [6.45, 7) is 11.0. The van der Waals surface area contributed by atoms with Crippen molar-refractivity contribution >= 4 is 23.3 Å². The van der Waals surface area contributed by atoms with E-state index in [1.165, 1.54) is 0 Å². The minimum atomic E-state index is -0.546. The van der Waals surface area contributed by atoms with Crippen LogP contribution in [0, 0.1) is 6.92 Å². The number of amides is 2. The Hall–Kier alpha value is -3.16. The highest BCUT2D eigenvalue weighted by Gasteiger charge is 2.32. The molecule has 1 aromatic heterocycles. The van der Waals surface area contributed by atoms with Crippen molar-refractivity contribution in [3.8, 4) is 5.75 Å². The van der Waals surface area contributed by atoms with E-state index in [-0.39, 0.29) is 24.2 Å². The third-order valence-corrected chi connectivity index (χ3v) is 5.95. The van der Waals surface area contributed by atoms with Gasteiger partial charge in [-0.2, -0.15) is 0 Å². The summed E-state index contributed by atoms with van der Waals surface area (Å²) in [6, 6.07) is 9.47. The Morgan fingerprint density at radius 3 is 2.59 bits per heavy atom. The number of hydrogen-bond acceptors (Lipinski definition) is 6. The lowest BCUT2D eigenvalue weighted by Crippen LogP contribution is -2.50. The summed E-state index contributed by atoms with van der Waals surface area (Å²) in [5, 5.41) is 0. The monoisotopic (exact) mass is 437 g/mol. The maximum absolute atomic E-state index is 12.9. The molecule has 2 amide bonds. The SMILES string of the molecule is Cc1cc(N2CCN(C(=O)CCN3C(=O)C(C)Oc4ccccc43)CC2)nc(C(C)C)n1. The van der Waals surface area contributed by atoms with E-state index in [1.807, 2.05) is 42.2 Å². The molecule has 2 aliphatic rings. The molecule has 0 aliphatic carbocycles. The fraction of sp³-hybridized carbons (Fsp3) is 0.500. The molecule has 0 N–H and O–H groups in total. The summed E-state index contributed by atoms with van der Waals surface area (Å²) in [5.41, 5.74) is 1.69. The van der Waals surface area contributed by atoms with E-state index in [2.05, 4.69) is 23.7 Å². The number of hydrogen-bond donors (Lipinski definition) is 0. The molecule has 8 nitrogen and oxygen atoms in total. The molecule has 2 aromatic rings. The number of benzene rings is 1. The van der Waals surface area contributed by atoms with Gasteiger partial charge in [-0.3, -0.25) is 9.59 Å². The van der Waals surface area contributed by atoms with Crippen LogP contribution in [-0.4, -0.2) is 65.5 Å². The van der Waals surface area contributed by atoms with Crippen LogP contribution in [-0.2, 0) is 9.59 Å². The van der Waals surface area contributed by atoms with E-state index >= 15 is 0 Å². The van der Waals surface area contributed by atoms with Crippen molar-refractivity contribution in [3.63, 3.8) is 0 Å². The van der Waals surface area contributed by atoms with Gasteiger partial charge in [0.25, 0.3) is 5.91 Å². The Morgan fingerprint density at radius 1 is 1.16 bits per heavy atom. The highest BCUT2D eigenvalue weighted by Crippen LogP contribution is 2.33. The van der Waals surface area contributed by atoms with Crippen molar-refractivity contribution in [3.05, 3.63) is 41.9 Å². The fourth-order valence-electron chi connectivity index (χ4n) is 4.13. The van der Waals surface area contributed by atoms with Gasteiger partial charge < -0.3 is 19.4 Å². The molecule has 32 heavy (non-hydrogen) atoms. The van der Waals surface area contributed by atoms with Gasteiger partial charge in [0, 0.05) is 56.8 Å². The average molecular weight is 438 g/mol. The van der Waals surface area contributed by atoms with Crippen molar-refractivity contribution in [2.45, 2.75) is 46.1 Å². The van der Waals surface area contributed by atoms with Crippen LogP contribution in [0.5, 0.6) is 5.75 Å². The second-order valence-electron chi connectivity index (χ2n) is 8.72. The zero-order valence-electron chi connectivity index (χ0n) is 19.2. The highest BCUT2D eigenvalue weighted by molar-refractivity contribution is 6.00. The van der Waals surface area contributed by atoms with E-state index in [1.54, 1.807) is 11.8 Å². The predicted molar refractivity (Wildman–Crippen MR) is 123 cm³/mol. The number of aryl methyl sites for hydroxylation is 1. The van der Waals surface area contributed by atoms with Crippen molar-refractivity contribution in [1.82, 2.24) is 14.9 Å². The number of nitrogens with zero attached hydrogens (tertiary/aromatic N) is 5. The maximum Gasteiger partial charge on any atom is 0.267 e. The number of aromatic nitrogens is 2. The minimum Gasteiger partial charge on any atom is -0.479 e. The molecule has 8 heteroatoms. The van der Waals surface area contributed by atoms with Gasteiger partial charge in [0.2, 0.25) is 5.91 Å². The number of piperazine rings is 1. The average Bonchev–Trinajstić information content (AvgIpc) is 2.79. The lowest BCUT2D eigenvalue weighted by atomic mass is 10.1. The zero-order chi connectivity index (χ0) is 22.8. The number of anilines is 2. The van der Waals surface area contributed by atoms with Gasteiger partial charge in [-0.15, -0.1) is 0 Å². The second kappa shape index (κ2) is 9.14. The molecule has 0 spiro atoms. The topological polar surface area (TPSA) is 78.9 Å². The molecule has 1 aromatic carbocycles. The first kappa shape index (κ1) is 22.0. The van der Waals surface area contributed by atoms with Gasteiger partial charge in [-0.1, -0.05) is 26.0 Å². The number of fused-ring (bicyclic) bond motifs is 1. The quantitative estimate of drug-likeness (QED) is 0.716. The van der Waals surface area contributed by atoms with E-state index in [4.69, 9.17) is 9.72 Å².